The molecule has 2 aliphatic rings. The summed E-state index contributed by atoms with van der Waals surface area (Å²) in [4.78, 5) is 26.5. The highest BCUT2D eigenvalue weighted by Gasteiger charge is 2.23. The van der Waals surface area contributed by atoms with Crippen LogP contribution in [0.15, 0.2) is 36.5 Å². The summed E-state index contributed by atoms with van der Waals surface area (Å²) in [6.07, 6.45) is 3.19. The van der Waals surface area contributed by atoms with Crippen LogP contribution in [0.4, 0.5) is 28.8 Å². The van der Waals surface area contributed by atoms with E-state index in [-0.39, 0.29) is 7.21 Å². The molecule has 2 N–H and O–H groups in total. The minimum absolute atomic E-state index is 0. The molecular weight excluding hydrogens is 424 g/mol. The lowest BCUT2D eigenvalue weighted by Gasteiger charge is -2.35. The van der Waals surface area contributed by atoms with Crippen molar-refractivity contribution < 1.29 is 6.22 Å². The highest BCUT2D eigenvalue weighted by Crippen LogP contribution is 2.33. The van der Waals surface area contributed by atoms with Crippen molar-refractivity contribution >= 4 is 34.6 Å². The van der Waals surface area contributed by atoms with Gasteiger partial charge >= 0.3 is 0 Å². The molecule has 7 heteroatoms. The minimum atomic E-state index is 0. The van der Waals surface area contributed by atoms with E-state index in [0.29, 0.717) is 18.2 Å². The lowest BCUT2D eigenvalue weighted by molar-refractivity contribution is 0.0995. The molecule has 1 aliphatic carbocycles. The molecule has 2 heterocycles. The number of benzene rings is 2. The molecule has 0 spiro atoms. The lowest BCUT2D eigenvalue weighted by Crippen LogP contribution is -2.44. The number of rotatable bonds is 5. The molecule has 3 aromatic rings. The summed E-state index contributed by atoms with van der Waals surface area (Å²) in [5, 5.41) is 6.80. The van der Waals surface area contributed by atoms with Crippen molar-refractivity contribution in [2.75, 3.05) is 48.8 Å². The topological polar surface area (TPSA) is 73.4 Å². The highest BCUT2D eigenvalue weighted by molar-refractivity contribution is 6.05. The Balaban J connectivity index is 0.00000289. The third kappa shape index (κ3) is 4.23. The van der Waals surface area contributed by atoms with Crippen molar-refractivity contribution in [1.29, 1.82) is 0 Å². The molecule has 0 saturated carbocycles. The maximum atomic E-state index is 12.4. The summed E-state index contributed by atoms with van der Waals surface area (Å²) in [5.41, 5.74) is 8.41. The molecule has 1 saturated heterocycles. The molecule has 34 heavy (non-hydrogen) atoms. The first-order valence-electron chi connectivity index (χ1n) is 12.0. The second-order valence-electron chi connectivity index (χ2n) is 9.41. The Labute approximate surface area is 202 Å². The molecule has 0 amide bonds. The van der Waals surface area contributed by atoms with Crippen LogP contribution in [-0.2, 0) is 6.42 Å². The molecule has 0 radical (unpaired) electrons. The van der Waals surface area contributed by atoms with E-state index in [1.807, 2.05) is 31.3 Å². The van der Waals surface area contributed by atoms with Gasteiger partial charge in [0.15, 0.2) is 5.78 Å². The van der Waals surface area contributed by atoms with E-state index in [2.05, 4.69) is 58.4 Å². The smallest absolute Gasteiger partial charge is 0.229 e. The van der Waals surface area contributed by atoms with E-state index in [1.54, 1.807) is 0 Å². The minimum Gasteiger partial charge on any atom is -0.369 e. The van der Waals surface area contributed by atoms with E-state index < -0.39 is 0 Å². The monoisotopic (exact) mass is 458 g/mol. The number of aryl methyl sites for hydroxylation is 2. The standard InChI is InChI=1S/C27H32N6O.H2/c1-17-16-28-27(31-26(17)29-22-7-5-6-20-8-11-24(34)25(20)22)30-21-9-10-23(19(3)18(21)2)33-14-12-32(4)13-15-33;/h5-7,9-10,16H,8,11-15H2,1-4H3,(H2,28,29,30,31);1H. The molecule has 2 aromatic carbocycles. The summed E-state index contributed by atoms with van der Waals surface area (Å²) >= 11 is 0. The van der Waals surface area contributed by atoms with Crippen LogP contribution in [0.3, 0.4) is 0 Å². The van der Waals surface area contributed by atoms with Crippen molar-refractivity contribution in [3.8, 4) is 0 Å². The Bertz CT molecular complexity index is 1250. The zero-order valence-corrected chi connectivity index (χ0v) is 20.4. The third-order valence-corrected chi connectivity index (χ3v) is 7.12. The van der Waals surface area contributed by atoms with E-state index in [4.69, 9.17) is 4.98 Å². The molecular formula is C27H34N6O. The Hall–Kier alpha value is -3.45. The largest absolute Gasteiger partial charge is 0.369 e. The number of anilines is 5. The van der Waals surface area contributed by atoms with Crippen LogP contribution < -0.4 is 15.5 Å². The number of ketones is 1. The van der Waals surface area contributed by atoms with Crippen molar-refractivity contribution in [2.45, 2.75) is 33.6 Å². The van der Waals surface area contributed by atoms with Crippen LogP contribution in [0.1, 0.15) is 40.5 Å². The Morgan fingerprint density at radius 3 is 2.50 bits per heavy atom. The van der Waals surface area contributed by atoms with Crippen LogP contribution in [-0.4, -0.2) is 53.9 Å². The lowest BCUT2D eigenvalue weighted by atomic mass is 10.0. The number of fused-ring (bicyclic) bond motifs is 1. The van der Waals surface area contributed by atoms with E-state index >= 15 is 0 Å². The molecule has 1 fully saturated rings. The Morgan fingerprint density at radius 1 is 0.912 bits per heavy atom. The molecule has 178 valence electrons. The maximum Gasteiger partial charge on any atom is 0.229 e. The number of hydrogen-bond acceptors (Lipinski definition) is 7. The predicted molar refractivity (Wildman–Crippen MR) is 140 cm³/mol. The molecule has 1 aromatic heterocycles. The van der Waals surface area contributed by atoms with Crippen molar-refractivity contribution in [1.82, 2.24) is 14.9 Å². The molecule has 0 bridgehead atoms. The van der Waals surface area contributed by atoms with Gasteiger partial charge in [0.25, 0.3) is 0 Å². The SMILES string of the molecule is Cc1cnc(Nc2ccc(N3CCN(C)CC3)c(C)c2C)nc1Nc1cccc2c1C(=O)CC2.[HH]. The zero-order valence-electron chi connectivity index (χ0n) is 20.4. The van der Waals surface area contributed by atoms with Crippen LogP contribution in [0.2, 0.25) is 0 Å². The average Bonchev–Trinajstić information content (AvgIpc) is 3.22. The first-order valence-corrected chi connectivity index (χ1v) is 12.0. The number of Topliss-reactive ketones (excluding diaryl/α,β-unsaturated/α-hetero) is 1. The van der Waals surface area contributed by atoms with Crippen molar-refractivity contribution in [3.63, 3.8) is 0 Å². The summed E-state index contributed by atoms with van der Waals surface area (Å²) in [5.74, 6) is 1.42. The van der Waals surface area contributed by atoms with Crippen LogP contribution in [0, 0.1) is 20.8 Å². The number of nitrogens with zero attached hydrogens (tertiary/aromatic N) is 4. The van der Waals surface area contributed by atoms with Gasteiger partial charge in [-0.2, -0.15) is 4.98 Å². The van der Waals surface area contributed by atoms with Gasteiger partial charge in [0.1, 0.15) is 5.82 Å². The first kappa shape index (κ1) is 22.3. The normalized spacial score (nSPS) is 16.0. The van der Waals surface area contributed by atoms with Crippen LogP contribution >= 0.6 is 0 Å². The second kappa shape index (κ2) is 9.06. The number of likely N-dealkylation sites (N-methyl/N-ethyl adjacent to an activating group) is 1. The van der Waals surface area contributed by atoms with Gasteiger partial charge in [-0.1, -0.05) is 12.1 Å². The number of aromatic nitrogens is 2. The number of carbonyl (C=O) groups excluding carboxylic acids is 1. The quantitative estimate of drug-likeness (QED) is 0.556. The second-order valence-corrected chi connectivity index (χ2v) is 9.41. The Kier molecular flexibility index (Phi) is 5.96. The van der Waals surface area contributed by atoms with Gasteiger partial charge in [0.2, 0.25) is 5.95 Å². The summed E-state index contributed by atoms with van der Waals surface area (Å²) in [6.45, 7) is 10.6. The maximum absolute atomic E-state index is 12.4. The first-order chi connectivity index (χ1) is 16.4. The summed E-state index contributed by atoms with van der Waals surface area (Å²) < 4.78 is 0. The molecule has 7 nitrogen and oxygen atoms in total. The van der Waals surface area contributed by atoms with Gasteiger partial charge < -0.3 is 20.4 Å². The van der Waals surface area contributed by atoms with Crippen molar-refractivity contribution in [3.05, 3.63) is 64.3 Å². The fraction of sp³-hybridized carbons (Fsp3) is 0.370. The average molecular weight is 459 g/mol. The van der Waals surface area contributed by atoms with E-state index in [0.717, 1.165) is 60.7 Å². The molecule has 1 aliphatic heterocycles. The van der Waals surface area contributed by atoms with Crippen LogP contribution in [0.25, 0.3) is 0 Å². The molecule has 0 unspecified atom stereocenters. The van der Waals surface area contributed by atoms with Gasteiger partial charge in [0.05, 0.1) is 5.69 Å². The number of nitrogens with one attached hydrogen (secondary N) is 2. The molecule has 5 rings (SSSR count). The van der Waals surface area contributed by atoms with Crippen molar-refractivity contribution in [2.24, 2.45) is 0 Å². The third-order valence-electron chi connectivity index (χ3n) is 7.12. The number of hydrogen-bond donors (Lipinski definition) is 2. The number of piperazine rings is 1. The van der Waals surface area contributed by atoms with Gasteiger partial charge in [-0.3, -0.25) is 4.79 Å². The van der Waals surface area contributed by atoms with Gasteiger partial charge in [0, 0.05) is 62.7 Å². The summed E-state index contributed by atoms with van der Waals surface area (Å²) in [6, 6.07) is 10.3. The summed E-state index contributed by atoms with van der Waals surface area (Å²) in [7, 11) is 2.18. The van der Waals surface area contributed by atoms with Gasteiger partial charge in [-0.25, -0.2) is 4.98 Å². The predicted octanol–water partition coefficient (Wildman–Crippen LogP) is 5.02. The van der Waals surface area contributed by atoms with Gasteiger partial charge in [-0.05, 0) is 69.1 Å². The fourth-order valence-corrected chi connectivity index (χ4v) is 4.82. The highest BCUT2D eigenvalue weighted by atomic mass is 16.1. The van der Waals surface area contributed by atoms with Gasteiger partial charge in [-0.15, -0.1) is 0 Å². The van der Waals surface area contributed by atoms with Crippen LogP contribution in [0.5, 0.6) is 0 Å². The Morgan fingerprint density at radius 2 is 1.71 bits per heavy atom. The van der Waals surface area contributed by atoms with E-state index in [1.165, 1.54) is 16.8 Å². The number of carbonyl (C=O) groups is 1. The molecule has 0 atom stereocenters. The zero-order chi connectivity index (χ0) is 23.8. The fourth-order valence-electron chi connectivity index (χ4n) is 4.82. The van der Waals surface area contributed by atoms with E-state index in [9.17, 15) is 4.79 Å².